The highest BCUT2D eigenvalue weighted by Gasteiger charge is 2.28. The number of esters is 1. The number of amides is 1. The van der Waals surface area contributed by atoms with Gasteiger partial charge in [-0.05, 0) is 30.0 Å². The number of rotatable bonds is 5. The first kappa shape index (κ1) is 18.0. The Morgan fingerprint density at radius 3 is 2.50 bits per heavy atom. The summed E-state index contributed by atoms with van der Waals surface area (Å²) in [5.41, 5.74) is 2.12. The van der Waals surface area contributed by atoms with Crippen molar-refractivity contribution in [1.29, 1.82) is 0 Å². The maximum Gasteiger partial charge on any atom is 0.308 e. The van der Waals surface area contributed by atoms with Crippen molar-refractivity contribution in [3.05, 3.63) is 29.8 Å². The van der Waals surface area contributed by atoms with Crippen LogP contribution in [-0.2, 0) is 27.3 Å². The average Bonchev–Trinajstić information content (AvgIpc) is 3.16. The van der Waals surface area contributed by atoms with Crippen LogP contribution in [0.3, 0.4) is 0 Å². The van der Waals surface area contributed by atoms with Gasteiger partial charge in [0.1, 0.15) is 6.54 Å². The summed E-state index contributed by atoms with van der Waals surface area (Å²) in [6.45, 7) is 3.23. The monoisotopic (exact) mass is 357 g/mol. The molecular formula is C18H23N5O3. The van der Waals surface area contributed by atoms with Crippen LogP contribution in [0.4, 0.5) is 0 Å². The SMILES string of the molecule is CCc1ccc(-c2nnn(CC(=O)N3CCC(C(=O)OC)CC3)n2)cc1. The van der Waals surface area contributed by atoms with Gasteiger partial charge in [0.05, 0.1) is 13.0 Å². The fourth-order valence-electron chi connectivity index (χ4n) is 3.07. The van der Waals surface area contributed by atoms with Crippen molar-refractivity contribution in [2.45, 2.75) is 32.7 Å². The lowest BCUT2D eigenvalue weighted by Gasteiger charge is -2.30. The summed E-state index contributed by atoms with van der Waals surface area (Å²) in [5, 5.41) is 12.3. The molecule has 1 aromatic carbocycles. The molecule has 2 aromatic rings. The quantitative estimate of drug-likeness (QED) is 0.750. The maximum atomic E-state index is 12.4. The zero-order valence-corrected chi connectivity index (χ0v) is 15.1. The number of methoxy groups -OCH3 is 1. The van der Waals surface area contributed by atoms with Gasteiger partial charge in [0.25, 0.3) is 0 Å². The number of hydrogen-bond donors (Lipinski definition) is 0. The Balaban J connectivity index is 1.57. The molecule has 0 radical (unpaired) electrons. The van der Waals surface area contributed by atoms with E-state index < -0.39 is 0 Å². The minimum atomic E-state index is -0.200. The van der Waals surface area contributed by atoms with Crippen LogP contribution in [0.25, 0.3) is 11.4 Å². The third-order valence-corrected chi connectivity index (χ3v) is 4.73. The normalized spacial score (nSPS) is 15.1. The van der Waals surface area contributed by atoms with Crippen molar-refractivity contribution in [2.75, 3.05) is 20.2 Å². The number of ether oxygens (including phenoxy) is 1. The first-order chi connectivity index (χ1) is 12.6. The molecule has 138 valence electrons. The number of benzene rings is 1. The van der Waals surface area contributed by atoms with Crippen molar-refractivity contribution in [3.63, 3.8) is 0 Å². The van der Waals surface area contributed by atoms with E-state index in [1.165, 1.54) is 17.5 Å². The van der Waals surface area contributed by atoms with Crippen molar-refractivity contribution in [3.8, 4) is 11.4 Å². The standard InChI is InChI=1S/C18H23N5O3/c1-3-13-4-6-14(7-5-13)17-19-21-23(20-17)12-16(24)22-10-8-15(9-11-22)18(25)26-2/h4-7,15H,3,8-12H2,1-2H3. The van der Waals surface area contributed by atoms with Crippen LogP contribution in [0.5, 0.6) is 0 Å². The Hall–Kier alpha value is -2.77. The molecule has 0 aliphatic carbocycles. The van der Waals surface area contributed by atoms with Crippen molar-refractivity contribution in [2.24, 2.45) is 5.92 Å². The van der Waals surface area contributed by atoms with E-state index in [9.17, 15) is 9.59 Å². The zero-order valence-electron chi connectivity index (χ0n) is 15.1. The number of aromatic nitrogens is 4. The predicted molar refractivity (Wildman–Crippen MR) is 94.0 cm³/mol. The second kappa shape index (κ2) is 8.07. The molecule has 3 rings (SSSR count). The van der Waals surface area contributed by atoms with Gasteiger partial charge in [-0.1, -0.05) is 31.2 Å². The van der Waals surface area contributed by atoms with Gasteiger partial charge in [-0.2, -0.15) is 4.80 Å². The van der Waals surface area contributed by atoms with Gasteiger partial charge in [-0.3, -0.25) is 9.59 Å². The minimum Gasteiger partial charge on any atom is -0.469 e. The minimum absolute atomic E-state index is 0.0446. The summed E-state index contributed by atoms with van der Waals surface area (Å²) < 4.78 is 4.77. The number of carbonyl (C=O) groups is 2. The van der Waals surface area contributed by atoms with Gasteiger partial charge in [0, 0.05) is 18.7 Å². The van der Waals surface area contributed by atoms with E-state index in [0.717, 1.165) is 12.0 Å². The lowest BCUT2D eigenvalue weighted by atomic mass is 9.97. The van der Waals surface area contributed by atoms with Crippen LogP contribution in [0.2, 0.25) is 0 Å². The van der Waals surface area contributed by atoms with E-state index >= 15 is 0 Å². The number of aryl methyl sites for hydroxylation is 1. The molecule has 1 saturated heterocycles. The average molecular weight is 357 g/mol. The predicted octanol–water partition coefficient (Wildman–Crippen LogP) is 1.31. The highest BCUT2D eigenvalue weighted by molar-refractivity contribution is 5.77. The van der Waals surface area contributed by atoms with E-state index in [0.29, 0.717) is 31.8 Å². The van der Waals surface area contributed by atoms with Crippen LogP contribution in [0.15, 0.2) is 24.3 Å². The van der Waals surface area contributed by atoms with E-state index in [1.807, 2.05) is 24.3 Å². The number of likely N-dealkylation sites (tertiary alicyclic amines) is 1. The van der Waals surface area contributed by atoms with Crippen LogP contribution in [0.1, 0.15) is 25.3 Å². The van der Waals surface area contributed by atoms with Gasteiger partial charge in [-0.25, -0.2) is 0 Å². The highest BCUT2D eigenvalue weighted by Crippen LogP contribution is 2.19. The fourth-order valence-corrected chi connectivity index (χ4v) is 3.07. The first-order valence-electron chi connectivity index (χ1n) is 8.83. The van der Waals surface area contributed by atoms with Gasteiger partial charge < -0.3 is 9.64 Å². The van der Waals surface area contributed by atoms with Gasteiger partial charge >= 0.3 is 5.97 Å². The molecule has 26 heavy (non-hydrogen) atoms. The molecule has 1 fully saturated rings. The molecule has 1 aliphatic heterocycles. The Kier molecular flexibility index (Phi) is 5.60. The highest BCUT2D eigenvalue weighted by atomic mass is 16.5. The van der Waals surface area contributed by atoms with E-state index in [4.69, 9.17) is 4.74 Å². The number of tetrazole rings is 1. The third kappa shape index (κ3) is 4.07. The fraction of sp³-hybridized carbons (Fsp3) is 0.500. The van der Waals surface area contributed by atoms with Gasteiger partial charge in [0.15, 0.2) is 0 Å². The molecule has 2 heterocycles. The molecule has 8 nitrogen and oxygen atoms in total. The molecule has 0 bridgehead atoms. The van der Waals surface area contributed by atoms with Gasteiger partial charge in [0.2, 0.25) is 11.7 Å². The zero-order chi connectivity index (χ0) is 18.5. The van der Waals surface area contributed by atoms with Crippen molar-refractivity contribution >= 4 is 11.9 Å². The second-order valence-corrected chi connectivity index (χ2v) is 6.37. The topological polar surface area (TPSA) is 90.2 Å². The number of carbonyl (C=O) groups excluding carboxylic acids is 2. The van der Waals surface area contributed by atoms with Crippen LogP contribution in [0, 0.1) is 5.92 Å². The first-order valence-corrected chi connectivity index (χ1v) is 8.83. The molecule has 1 amide bonds. The van der Waals surface area contributed by atoms with Crippen LogP contribution < -0.4 is 0 Å². The molecule has 0 saturated carbocycles. The third-order valence-electron chi connectivity index (χ3n) is 4.73. The Morgan fingerprint density at radius 1 is 1.19 bits per heavy atom. The van der Waals surface area contributed by atoms with Crippen LogP contribution in [-0.4, -0.2) is 57.2 Å². The summed E-state index contributed by atoms with van der Waals surface area (Å²) in [6.07, 6.45) is 2.22. The molecule has 1 aliphatic rings. The van der Waals surface area contributed by atoms with E-state index in [-0.39, 0.29) is 24.3 Å². The Labute approximate surface area is 152 Å². The smallest absolute Gasteiger partial charge is 0.308 e. The summed E-state index contributed by atoms with van der Waals surface area (Å²) in [6, 6.07) is 7.98. The number of nitrogens with zero attached hydrogens (tertiary/aromatic N) is 5. The largest absolute Gasteiger partial charge is 0.469 e. The summed E-state index contributed by atoms with van der Waals surface area (Å²) in [7, 11) is 1.39. The van der Waals surface area contributed by atoms with Gasteiger partial charge in [-0.15, -0.1) is 10.2 Å². The molecule has 0 spiro atoms. The van der Waals surface area contributed by atoms with Crippen molar-refractivity contribution < 1.29 is 14.3 Å². The molecule has 0 unspecified atom stereocenters. The Bertz CT molecular complexity index is 763. The molecular weight excluding hydrogens is 334 g/mol. The molecule has 0 atom stereocenters. The molecule has 0 N–H and O–H groups in total. The summed E-state index contributed by atoms with van der Waals surface area (Å²) >= 11 is 0. The summed E-state index contributed by atoms with van der Waals surface area (Å²) in [4.78, 5) is 27.0. The number of hydrogen-bond acceptors (Lipinski definition) is 6. The Morgan fingerprint density at radius 2 is 1.88 bits per heavy atom. The van der Waals surface area contributed by atoms with Crippen LogP contribution >= 0.6 is 0 Å². The number of piperidine rings is 1. The summed E-state index contributed by atoms with van der Waals surface area (Å²) in [5.74, 6) is 0.114. The lowest BCUT2D eigenvalue weighted by Crippen LogP contribution is -2.42. The van der Waals surface area contributed by atoms with E-state index in [2.05, 4.69) is 22.3 Å². The second-order valence-electron chi connectivity index (χ2n) is 6.37. The molecule has 1 aromatic heterocycles. The van der Waals surface area contributed by atoms with E-state index in [1.54, 1.807) is 4.90 Å². The maximum absolute atomic E-state index is 12.4. The van der Waals surface area contributed by atoms with Crippen molar-refractivity contribution in [1.82, 2.24) is 25.1 Å². The molecule has 8 heteroatoms. The lowest BCUT2D eigenvalue weighted by molar-refractivity contribution is -0.149.